The van der Waals surface area contributed by atoms with Gasteiger partial charge >= 0.3 is 0 Å². The fourth-order valence-corrected chi connectivity index (χ4v) is 2.79. The summed E-state index contributed by atoms with van der Waals surface area (Å²) in [5.74, 6) is 12.6. The molecule has 1 fully saturated rings. The topological polar surface area (TPSA) is 23.5 Å². The molecule has 0 heterocycles. The average Bonchev–Trinajstić information content (AvgIpc) is 2.59. The molecule has 2 rings (SSSR count). The molecule has 24 heavy (non-hydrogen) atoms. The highest BCUT2D eigenvalue weighted by Gasteiger charge is 2.26. The van der Waals surface area contributed by atoms with E-state index in [1.54, 1.807) is 0 Å². The molecule has 0 aliphatic heterocycles. The van der Waals surface area contributed by atoms with Gasteiger partial charge in [0.25, 0.3) is 0 Å². The first-order valence-corrected chi connectivity index (χ1v) is 8.72. The van der Waals surface area contributed by atoms with Gasteiger partial charge in [0, 0.05) is 11.1 Å². The lowest BCUT2D eigenvalue weighted by atomic mass is 9.85. The van der Waals surface area contributed by atoms with E-state index in [0.29, 0.717) is 0 Å². The number of nitrogens with zero attached hydrogens (tertiary/aromatic N) is 1. The van der Waals surface area contributed by atoms with Gasteiger partial charge in [-0.15, -0.1) is 12.4 Å². The zero-order chi connectivity index (χ0) is 16.5. The van der Waals surface area contributed by atoms with Gasteiger partial charge in [-0.1, -0.05) is 44.0 Å². The van der Waals surface area contributed by atoms with Crippen molar-refractivity contribution in [1.29, 1.82) is 0 Å². The van der Waals surface area contributed by atoms with E-state index in [9.17, 15) is 5.11 Å². The molecule has 0 aromatic heterocycles. The Morgan fingerprint density at radius 1 is 0.958 bits per heavy atom. The van der Waals surface area contributed by atoms with Crippen LogP contribution in [0.3, 0.4) is 0 Å². The second-order valence-corrected chi connectivity index (χ2v) is 6.18. The standard InChI is InChI=1S/C21H27NO.ClH/c1-3-22(4-2)18-8-9-19-10-12-20(13-11-19)14-17-21(23)15-6-5-7-16-21;/h10-13,23H,3-7,15-16,18H2,1-2H3;1H. The van der Waals surface area contributed by atoms with E-state index in [0.717, 1.165) is 56.4 Å². The van der Waals surface area contributed by atoms with E-state index in [2.05, 4.69) is 42.4 Å². The Balaban J connectivity index is 0.00000288. The normalized spacial score (nSPS) is 15.5. The van der Waals surface area contributed by atoms with Crippen LogP contribution in [0.5, 0.6) is 0 Å². The quantitative estimate of drug-likeness (QED) is 0.841. The fraction of sp³-hybridized carbons (Fsp3) is 0.524. The highest BCUT2D eigenvalue weighted by molar-refractivity contribution is 5.85. The van der Waals surface area contributed by atoms with Gasteiger partial charge in [-0.25, -0.2) is 0 Å². The summed E-state index contributed by atoms with van der Waals surface area (Å²) in [4.78, 5) is 2.29. The zero-order valence-electron chi connectivity index (χ0n) is 14.8. The van der Waals surface area contributed by atoms with Crippen LogP contribution in [-0.2, 0) is 0 Å². The van der Waals surface area contributed by atoms with E-state index in [1.807, 2.05) is 24.3 Å². The van der Waals surface area contributed by atoms with Gasteiger partial charge < -0.3 is 5.11 Å². The number of halogens is 1. The van der Waals surface area contributed by atoms with Crippen LogP contribution in [0.15, 0.2) is 24.3 Å². The summed E-state index contributed by atoms with van der Waals surface area (Å²) in [7, 11) is 0. The zero-order valence-corrected chi connectivity index (χ0v) is 15.6. The van der Waals surface area contributed by atoms with E-state index in [1.165, 1.54) is 6.42 Å². The van der Waals surface area contributed by atoms with Gasteiger partial charge in [0.05, 0.1) is 6.54 Å². The highest BCUT2D eigenvalue weighted by atomic mass is 35.5. The van der Waals surface area contributed by atoms with Crippen LogP contribution in [0.4, 0.5) is 0 Å². The molecule has 0 spiro atoms. The molecule has 0 unspecified atom stereocenters. The largest absolute Gasteiger partial charge is 0.378 e. The number of benzene rings is 1. The molecule has 130 valence electrons. The summed E-state index contributed by atoms with van der Waals surface area (Å²) < 4.78 is 0. The van der Waals surface area contributed by atoms with E-state index >= 15 is 0 Å². The van der Waals surface area contributed by atoms with Crippen molar-refractivity contribution in [2.24, 2.45) is 0 Å². The van der Waals surface area contributed by atoms with Gasteiger partial charge in [0.1, 0.15) is 5.60 Å². The third-order valence-corrected chi connectivity index (χ3v) is 4.43. The lowest BCUT2D eigenvalue weighted by Crippen LogP contribution is -2.29. The molecular formula is C21H28ClNO. The molecule has 0 atom stereocenters. The number of hydrogen-bond acceptors (Lipinski definition) is 2. The van der Waals surface area contributed by atoms with Crippen LogP contribution < -0.4 is 0 Å². The smallest absolute Gasteiger partial charge is 0.125 e. The van der Waals surface area contributed by atoms with Crippen molar-refractivity contribution >= 4 is 12.4 Å². The summed E-state index contributed by atoms with van der Waals surface area (Å²) in [6, 6.07) is 7.98. The molecular weight excluding hydrogens is 318 g/mol. The molecule has 1 N–H and O–H groups in total. The first-order chi connectivity index (χ1) is 11.1. The lowest BCUT2D eigenvalue weighted by molar-refractivity contribution is 0.0610. The van der Waals surface area contributed by atoms with Crippen molar-refractivity contribution in [1.82, 2.24) is 4.90 Å². The van der Waals surface area contributed by atoms with E-state index < -0.39 is 5.60 Å². The molecule has 1 aromatic rings. The van der Waals surface area contributed by atoms with Crippen molar-refractivity contribution in [3.63, 3.8) is 0 Å². The third kappa shape index (κ3) is 6.58. The summed E-state index contributed by atoms with van der Waals surface area (Å²) in [6.07, 6.45) is 4.97. The van der Waals surface area contributed by atoms with Gasteiger partial charge in [0.15, 0.2) is 0 Å². The predicted octanol–water partition coefficient (Wildman–Crippen LogP) is 3.85. The van der Waals surface area contributed by atoms with Crippen LogP contribution >= 0.6 is 12.4 Å². The minimum Gasteiger partial charge on any atom is -0.378 e. The Morgan fingerprint density at radius 3 is 2.04 bits per heavy atom. The Labute approximate surface area is 153 Å². The van der Waals surface area contributed by atoms with Crippen LogP contribution in [0, 0.1) is 23.7 Å². The minimum atomic E-state index is -0.777. The maximum atomic E-state index is 10.4. The fourth-order valence-electron chi connectivity index (χ4n) is 2.79. The highest BCUT2D eigenvalue weighted by Crippen LogP contribution is 2.27. The second-order valence-electron chi connectivity index (χ2n) is 6.18. The maximum Gasteiger partial charge on any atom is 0.125 e. The van der Waals surface area contributed by atoms with Crippen LogP contribution in [0.25, 0.3) is 0 Å². The van der Waals surface area contributed by atoms with Gasteiger partial charge in [0.2, 0.25) is 0 Å². The predicted molar refractivity (Wildman–Crippen MR) is 103 cm³/mol. The van der Waals surface area contributed by atoms with Crippen LogP contribution in [0.2, 0.25) is 0 Å². The molecule has 1 aliphatic rings. The Hall–Kier alpha value is -1.45. The number of aliphatic hydroxyl groups is 1. The summed E-state index contributed by atoms with van der Waals surface area (Å²) in [5, 5.41) is 10.4. The van der Waals surface area contributed by atoms with Gasteiger partial charge in [-0.2, -0.15) is 0 Å². The summed E-state index contributed by atoms with van der Waals surface area (Å²) in [5.41, 5.74) is 1.18. The van der Waals surface area contributed by atoms with Crippen molar-refractivity contribution in [3.8, 4) is 23.7 Å². The SMILES string of the molecule is CCN(CC)CC#Cc1ccc(C#CC2(O)CCCCC2)cc1.Cl. The first kappa shape index (κ1) is 20.6. The summed E-state index contributed by atoms with van der Waals surface area (Å²) in [6.45, 7) is 7.17. The Morgan fingerprint density at radius 2 is 1.50 bits per heavy atom. The lowest BCUT2D eigenvalue weighted by Gasteiger charge is -2.26. The van der Waals surface area contributed by atoms with Crippen LogP contribution in [0.1, 0.15) is 57.1 Å². The summed E-state index contributed by atoms with van der Waals surface area (Å²) >= 11 is 0. The number of hydrogen-bond donors (Lipinski definition) is 1. The van der Waals surface area contributed by atoms with E-state index in [4.69, 9.17) is 0 Å². The minimum absolute atomic E-state index is 0. The maximum absolute atomic E-state index is 10.4. The second kappa shape index (κ2) is 10.4. The van der Waals surface area contributed by atoms with Crippen molar-refractivity contribution in [2.75, 3.05) is 19.6 Å². The van der Waals surface area contributed by atoms with Crippen LogP contribution in [-0.4, -0.2) is 35.2 Å². The van der Waals surface area contributed by atoms with E-state index in [-0.39, 0.29) is 12.4 Å². The number of rotatable bonds is 3. The molecule has 1 aliphatic carbocycles. The molecule has 0 bridgehead atoms. The monoisotopic (exact) mass is 345 g/mol. The van der Waals surface area contributed by atoms with Gasteiger partial charge in [-0.3, -0.25) is 4.90 Å². The molecule has 2 nitrogen and oxygen atoms in total. The molecule has 0 radical (unpaired) electrons. The molecule has 0 amide bonds. The Kier molecular flexibility index (Phi) is 8.94. The molecule has 1 aromatic carbocycles. The molecule has 3 heteroatoms. The molecule has 1 saturated carbocycles. The van der Waals surface area contributed by atoms with Crippen molar-refractivity contribution in [3.05, 3.63) is 35.4 Å². The third-order valence-electron chi connectivity index (χ3n) is 4.43. The van der Waals surface area contributed by atoms with Crippen molar-refractivity contribution < 1.29 is 5.11 Å². The Bertz CT molecular complexity index is 605. The van der Waals surface area contributed by atoms with Gasteiger partial charge in [-0.05, 0) is 63.0 Å². The molecule has 0 saturated heterocycles. The average molecular weight is 346 g/mol. The van der Waals surface area contributed by atoms with Crippen molar-refractivity contribution in [2.45, 2.75) is 51.6 Å². The first-order valence-electron chi connectivity index (χ1n) is 8.72.